The highest BCUT2D eigenvalue weighted by Crippen LogP contribution is 2.49. The van der Waals surface area contributed by atoms with Crippen molar-refractivity contribution in [2.45, 2.75) is 32.1 Å². The van der Waals surface area contributed by atoms with E-state index in [1.54, 1.807) is 29.1 Å². The molecule has 2 bridgehead atoms. The summed E-state index contributed by atoms with van der Waals surface area (Å²) in [5, 5.41) is 14.3. The molecule has 0 spiro atoms. The minimum Gasteiger partial charge on any atom is -0.352 e. The molecule has 2 fully saturated rings. The van der Waals surface area contributed by atoms with Gasteiger partial charge in [-0.2, -0.15) is 0 Å². The van der Waals surface area contributed by atoms with Gasteiger partial charge in [-0.25, -0.2) is 4.98 Å². The first-order valence-electron chi connectivity index (χ1n) is 9.17. The van der Waals surface area contributed by atoms with Gasteiger partial charge >= 0.3 is 0 Å². The van der Waals surface area contributed by atoms with E-state index in [-0.39, 0.29) is 11.6 Å². The van der Waals surface area contributed by atoms with Gasteiger partial charge in [0.2, 0.25) is 0 Å². The summed E-state index contributed by atoms with van der Waals surface area (Å²) in [4.78, 5) is 27.2. The van der Waals surface area contributed by atoms with Crippen molar-refractivity contribution < 1.29 is 9.72 Å². The molecule has 2 saturated carbocycles. The van der Waals surface area contributed by atoms with Crippen LogP contribution in [0.3, 0.4) is 0 Å². The Morgan fingerprint density at radius 3 is 2.88 bits per heavy atom. The van der Waals surface area contributed by atoms with Gasteiger partial charge in [-0.05, 0) is 55.6 Å². The lowest BCUT2D eigenvalue weighted by Crippen LogP contribution is -2.27. The average Bonchev–Trinajstić information content (AvgIpc) is 3.39. The number of nitrogens with one attached hydrogen (secondary N) is 1. The molecule has 0 radical (unpaired) electrons. The van der Waals surface area contributed by atoms with Gasteiger partial charge in [0.05, 0.1) is 11.3 Å². The number of carbonyl (C=O) groups excluding carboxylic acids is 1. The molecule has 1 amide bonds. The second-order valence-corrected chi connectivity index (χ2v) is 7.41. The Kier molecular flexibility index (Phi) is 4.44. The van der Waals surface area contributed by atoms with Crippen molar-refractivity contribution in [3.05, 3.63) is 52.6 Å². The number of benzene rings is 1. The SMILES string of the molecule is O=C(NCCC1CC2CCC1C2)c1ccc(-n2ccnc2)c([N+](=O)[O-])c1. The number of hydrogen-bond acceptors (Lipinski definition) is 4. The van der Waals surface area contributed by atoms with Crippen LogP contribution < -0.4 is 5.32 Å². The lowest BCUT2D eigenvalue weighted by molar-refractivity contribution is -0.384. The largest absolute Gasteiger partial charge is 0.352 e. The van der Waals surface area contributed by atoms with Gasteiger partial charge in [-0.15, -0.1) is 0 Å². The first-order valence-corrected chi connectivity index (χ1v) is 9.17. The van der Waals surface area contributed by atoms with Gasteiger partial charge in [0.1, 0.15) is 5.69 Å². The normalized spacial score (nSPS) is 23.9. The summed E-state index contributed by atoms with van der Waals surface area (Å²) in [6.45, 7) is 0.629. The molecule has 0 saturated heterocycles. The number of hydrogen-bond donors (Lipinski definition) is 1. The smallest absolute Gasteiger partial charge is 0.294 e. The third kappa shape index (κ3) is 3.21. The summed E-state index contributed by atoms with van der Waals surface area (Å²) in [6, 6.07) is 4.54. The first kappa shape index (κ1) is 16.8. The van der Waals surface area contributed by atoms with Crippen LogP contribution in [0.15, 0.2) is 36.9 Å². The van der Waals surface area contributed by atoms with Crippen molar-refractivity contribution in [2.24, 2.45) is 17.8 Å². The minimum atomic E-state index is -0.471. The minimum absolute atomic E-state index is 0.108. The molecule has 7 heteroatoms. The molecule has 136 valence electrons. The van der Waals surface area contributed by atoms with Crippen molar-refractivity contribution in [3.63, 3.8) is 0 Å². The topological polar surface area (TPSA) is 90.1 Å². The highest BCUT2D eigenvalue weighted by atomic mass is 16.6. The molecule has 1 heterocycles. The van der Waals surface area contributed by atoms with Gasteiger partial charge in [0.25, 0.3) is 11.6 Å². The third-order valence-corrected chi connectivity index (χ3v) is 5.90. The summed E-state index contributed by atoms with van der Waals surface area (Å²) in [6.07, 6.45) is 11.1. The van der Waals surface area contributed by atoms with E-state index < -0.39 is 4.92 Å². The van der Waals surface area contributed by atoms with Crippen molar-refractivity contribution in [2.75, 3.05) is 6.54 Å². The van der Waals surface area contributed by atoms with Crippen molar-refractivity contribution >= 4 is 11.6 Å². The number of fused-ring (bicyclic) bond motifs is 2. The van der Waals surface area contributed by atoms with Gasteiger partial charge in [0, 0.05) is 30.6 Å². The molecule has 26 heavy (non-hydrogen) atoms. The Labute approximate surface area is 151 Å². The molecule has 4 rings (SSSR count). The Morgan fingerprint density at radius 1 is 1.35 bits per heavy atom. The Morgan fingerprint density at radius 2 is 2.23 bits per heavy atom. The van der Waals surface area contributed by atoms with Crippen LogP contribution in [0.2, 0.25) is 0 Å². The van der Waals surface area contributed by atoms with Crippen LogP contribution in [0.1, 0.15) is 42.5 Å². The number of carbonyl (C=O) groups is 1. The zero-order valence-corrected chi connectivity index (χ0v) is 14.5. The van der Waals surface area contributed by atoms with E-state index in [1.807, 2.05) is 0 Å². The Balaban J connectivity index is 1.41. The van der Waals surface area contributed by atoms with Gasteiger partial charge < -0.3 is 9.88 Å². The fourth-order valence-electron chi connectivity index (χ4n) is 4.63. The second kappa shape index (κ2) is 6.90. The number of rotatable bonds is 6. The van der Waals surface area contributed by atoms with Crippen LogP contribution in [-0.4, -0.2) is 26.9 Å². The predicted molar refractivity (Wildman–Crippen MR) is 96.1 cm³/mol. The second-order valence-electron chi connectivity index (χ2n) is 7.41. The van der Waals surface area contributed by atoms with Crippen molar-refractivity contribution in [3.8, 4) is 5.69 Å². The fraction of sp³-hybridized carbons (Fsp3) is 0.474. The van der Waals surface area contributed by atoms with E-state index >= 15 is 0 Å². The zero-order chi connectivity index (χ0) is 18.1. The molecule has 2 aliphatic rings. The van der Waals surface area contributed by atoms with Crippen LogP contribution >= 0.6 is 0 Å². The van der Waals surface area contributed by atoms with E-state index in [1.165, 1.54) is 38.1 Å². The highest BCUT2D eigenvalue weighted by Gasteiger charge is 2.38. The quantitative estimate of drug-likeness (QED) is 0.636. The van der Waals surface area contributed by atoms with Gasteiger partial charge in [0.15, 0.2) is 0 Å². The molecule has 2 aromatic rings. The first-order chi connectivity index (χ1) is 12.6. The summed E-state index contributed by atoms with van der Waals surface area (Å²) >= 11 is 0. The number of nitro benzene ring substituents is 1. The summed E-state index contributed by atoms with van der Waals surface area (Å²) < 4.78 is 1.56. The molecular weight excluding hydrogens is 332 g/mol. The van der Waals surface area contributed by atoms with Gasteiger partial charge in [-0.3, -0.25) is 14.9 Å². The van der Waals surface area contributed by atoms with Crippen molar-refractivity contribution in [1.82, 2.24) is 14.9 Å². The molecule has 1 N–H and O–H groups in total. The standard InChI is InChI=1S/C19H22N4O3/c24-19(21-6-5-15-10-13-1-2-14(15)9-13)16-3-4-17(18(11-16)23(25)26)22-8-7-20-12-22/h3-4,7-8,11-15H,1-2,5-6,9-10H2,(H,21,24). The molecule has 2 aliphatic carbocycles. The van der Waals surface area contributed by atoms with Crippen molar-refractivity contribution in [1.29, 1.82) is 0 Å². The van der Waals surface area contributed by atoms with Crippen LogP contribution in [0.25, 0.3) is 5.69 Å². The van der Waals surface area contributed by atoms with Crippen LogP contribution in [-0.2, 0) is 0 Å². The molecule has 3 unspecified atom stereocenters. The lowest BCUT2D eigenvalue weighted by Gasteiger charge is -2.21. The monoisotopic (exact) mass is 354 g/mol. The summed E-state index contributed by atoms with van der Waals surface area (Å²) in [5.41, 5.74) is 0.600. The maximum atomic E-state index is 12.4. The zero-order valence-electron chi connectivity index (χ0n) is 14.5. The molecule has 0 aliphatic heterocycles. The fourth-order valence-corrected chi connectivity index (χ4v) is 4.63. The Bertz CT molecular complexity index is 818. The third-order valence-electron chi connectivity index (χ3n) is 5.90. The number of amides is 1. The van der Waals surface area contributed by atoms with E-state index in [9.17, 15) is 14.9 Å². The number of nitrogens with zero attached hydrogens (tertiary/aromatic N) is 3. The number of imidazole rings is 1. The van der Waals surface area contributed by atoms with E-state index in [0.717, 1.165) is 24.2 Å². The van der Waals surface area contributed by atoms with Crippen LogP contribution in [0, 0.1) is 27.9 Å². The molecule has 3 atom stereocenters. The molecular formula is C19H22N4O3. The summed E-state index contributed by atoms with van der Waals surface area (Å²) in [5.74, 6) is 2.21. The molecule has 1 aromatic heterocycles. The predicted octanol–water partition coefficient (Wildman–Crippen LogP) is 3.34. The van der Waals surface area contributed by atoms with Crippen LogP contribution in [0.5, 0.6) is 0 Å². The van der Waals surface area contributed by atoms with Gasteiger partial charge in [-0.1, -0.05) is 6.42 Å². The molecule has 1 aromatic carbocycles. The van der Waals surface area contributed by atoms with E-state index in [0.29, 0.717) is 17.8 Å². The highest BCUT2D eigenvalue weighted by molar-refractivity contribution is 5.95. The van der Waals surface area contributed by atoms with E-state index in [2.05, 4.69) is 10.3 Å². The lowest BCUT2D eigenvalue weighted by atomic mass is 9.86. The number of nitro groups is 1. The van der Waals surface area contributed by atoms with E-state index in [4.69, 9.17) is 0 Å². The Hall–Kier alpha value is -2.70. The molecule has 7 nitrogen and oxygen atoms in total. The number of aromatic nitrogens is 2. The average molecular weight is 354 g/mol. The maximum Gasteiger partial charge on any atom is 0.294 e. The maximum absolute atomic E-state index is 12.4. The summed E-state index contributed by atoms with van der Waals surface area (Å²) in [7, 11) is 0. The van der Waals surface area contributed by atoms with Crippen LogP contribution in [0.4, 0.5) is 5.69 Å².